The van der Waals surface area contributed by atoms with Crippen molar-refractivity contribution in [3.63, 3.8) is 0 Å². The van der Waals surface area contributed by atoms with Crippen LogP contribution in [-0.4, -0.2) is 36.0 Å². The number of halogens is 1. The Bertz CT molecular complexity index is 615. The highest BCUT2D eigenvalue weighted by molar-refractivity contribution is 6.55. The second-order valence-electron chi connectivity index (χ2n) is 5.41. The molecule has 1 aromatic carbocycles. The molecular weight excluding hydrogens is 290 g/mol. The molecule has 1 aromatic rings. The van der Waals surface area contributed by atoms with Crippen molar-refractivity contribution in [1.29, 1.82) is 0 Å². The molecule has 5 heteroatoms. The summed E-state index contributed by atoms with van der Waals surface area (Å²) in [4.78, 5) is 25.9. The number of nitrogens with zero attached hydrogens (tertiary/aromatic N) is 1. The molecule has 2 aliphatic heterocycles. The molecule has 0 spiro atoms. The number of carbonyl (C=O) groups is 2. The number of rotatable bonds is 3. The summed E-state index contributed by atoms with van der Waals surface area (Å²) in [5.74, 6) is -0.753. The highest BCUT2D eigenvalue weighted by Gasteiger charge is 2.39. The van der Waals surface area contributed by atoms with Crippen LogP contribution in [0.5, 0.6) is 0 Å². The maximum absolute atomic E-state index is 12.5. The molecule has 2 amide bonds. The van der Waals surface area contributed by atoms with Gasteiger partial charge in [-0.05, 0) is 25.3 Å². The summed E-state index contributed by atoms with van der Waals surface area (Å²) in [5.41, 5.74) is 2.06. The highest BCUT2D eigenvalue weighted by Crippen LogP contribution is 2.32. The van der Waals surface area contributed by atoms with Gasteiger partial charge < -0.3 is 4.74 Å². The van der Waals surface area contributed by atoms with Crippen molar-refractivity contribution in [2.45, 2.75) is 25.9 Å². The van der Waals surface area contributed by atoms with E-state index in [1.165, 1.54) is 4.90 Å². The maximum atomic E-state index is 12.5. The van der Waals surface area contributed by atoms with Gasteiger partial charge in [0.05, 0.1) is 18.2 Å². The zero-order valence-electron chi connectivity index (χ0n) is 11.8. The van der Waals surface area contributed by atoms with Crippen molar-refractivity contribution in [2.75, 3.05) is 13.2 Å². The monoisotopic (exact) mass is 305 g/mol. The fourth-order valence-electron chi connectivity index (χ4n) is 2.67. The summed E-state index contributed by atoms with van der Waals surface area (Å²) in [7, 11) is 0. The third kappa shape index (κ3) is 2.61. The Morgan fingerprint density at radius 1 is 1.24 bits per heavy atom. The molecule has 0 aromatic heterocycles. The van der Waals surface area contributed by atoms with E-state index in [-0.39, 0.29) is 23.6 Å². The Balaban J connectivity index is 1.85. The molecule has 0 aliphatic carbocycles. The normalized spacial score (nSPS) is 22.6. The Morgan fingerprint density at radius 3 is 2.57 bits per heavy atom. The van der Waals surface area contributed by atoms with Crippen LogP contribution < -0.4 is 0 Å². The number of aryl methyl sites for hydroxylation is 1. The van der Waals surface area contributed by atoms with Crippen LogP contribution in [0.25, 0.3) is 5.57 Å². The predicted molar refractivity (Wildman–Crippen MR) is 79.6 cm³/mol. The van der Waals surface area contributed by atoms with Gasteiger partial charge in [-0.2, -0.15) is 0 Å². The van der Waals surface area contributed by atoms with Crippen molar-refractivity contribution < 1.29 is 14.3 Å². The van der Waals surface area contributed by atoms with Gasteiger partial charge in [0.25, 0.3) is 11.8 Å². The minimum atomic E-state index is -0.423. The Morgan fingerprint density at radius 2 is 1.95 bits per heavy atom. The van der Waals surface area contributed by atoms with Crippen molar-refractivity contribution in [3.05, 3.63) is 40.4 Å². The third-order valence-electron chi connectivity index (χ3n) is 3.86. The number of imide groups is 1. The molecule has 2 aliphatic rings. The zero-order valence-corrected chi connectivity index (χ0v) is 12.5. The predicted octanol–water partition coefficient (Wildman–Crippen LogP) is 2.49. The Kier molecular flexibility index (Phi) is 3.83. The van der Waals surface area contributed by atoms with E-state index >= 15 is 0 Å². The molecule has 110 valence electrons. The van der Waals surface area contributed by atoms with Crippen LogP contribution in [0.3, 0.4) is 0 Å². The molecule has 21 heavy (non-hydrogen) atoms. The molecule has 4 nitrogen and oxygen atoms in total. The van der Waals surface area contributed by atoms with E-state index in [0.29, 0.717) is 17.7 Å². The van der Waals surface area contributed by atoms with Gasteiger partial charge in [-0.25, -0.2) is 0 Å². The highest BCUT2D eigenvalue weighted by atomic mass is 35.5. The SMILES string of the molecule is Cc1ccc(C2=C(Cl)C(=O)N(CC3CCCO3)C2=O)cc1. The van der Waals surface area contributed by atoms with Gasteiger partial charge in [0.2, 0.25) is 0 Å². The number of amides is 2. The van der Waals surface area contributed by atoms with E-state index in [2.05, 4.69) is 0 Å². The fourth-order valence-corrected chi connectivity index (χ4v) is 2.97. The van der Waals surface area contributed by atoms with Crippen molar-refractivity contribution >= 4 is 29.0 Å². The summed E-state index contributed by atoms with van der Waals surface area (Å²) in [6.45, 7) is 2.93. The second kappa shape index (κ2) is 5.62. The standard InChI is InChI=1S/C16H16ClNO3/c1-10-4-6-11(7-5-10)13-14(17)16(20)18(15(13)19)9-12-3-2-8-21-12/h4-7,12H,2-3,8-9H2,1H3. The first-order chi connectivity index (χ1) is 10.1. The van der Waals surface area contributed by atoms with Gasteiger partial charge in [-0.15, -0.1) is 0 Å². The zero-order chi connectivity index (χ0) is 15.0. The number of carbonyl (C=O) groups excluding carboxylic acids is 2. The van der Waals surface area contributed by atoms with E-state index in [1.807, 2.05) is 31.2 Å². The first kappa shape index (κ1) is 14.3. The van der Waals surface area contributed by atoms with Crippen LogP contribution >= 0.6 is 11.6 Å². The summed E-state index contributed by atoms with van der Waals surface area (Å²) in [6, 6.07) is 7.42. The quantitative estimate of drug-likeness (QED) is 0.806. The van der Waals surface area contributed by atoms with Gasteiger partial charge in [0, 0.05) is 6.61 Å². The van der Waals surface area contributed by atoms with Crippen molar-refractivity contribution in [2.24, 2.45) is 0 Å². The minimum absolute atomic E-state index is 0.00171. The van der Waals surface area contributed by atoms with E-state index in [1.54, 1.807) is 0 Å². The molecule has 1 unspecified atom stereocenters. The largest absolute Gasteiger partial charge is 0.376 e. The van der Waals surface area contributed by atoms with Gasteiger partial charge in [0.15, 0.2) is 0 Å². The lowest BCUT2D eigenvalue weighted by atomic mass is 10.0. The Hall–Kier alpha value is -1.65. The van der Waals surface area contributed by atoms with Crippen LogP contribution in [0.4, 0.5) is 0 Å². The molecule has 1 atom stereocenters. The molecule has 1 saturated heterocycles. The van der Waals surface area contributed by atoms with Crippen LogP contribution in [0.1, 0.15) is 24.0 Å². The molecule has 0 bridgehead atoms. The van der Waals surface area contributed by atoms with Crippen LogP contribution in [0.2, 0.25) is 0 Å². The van der Waals surface area contributed by atoms with E-state index in [0.717, 1.165) is 18.4 Å². The van der Waals surface area contributed by atoms with E-state index in [4.69, 9.17) is 16.3 Å². The lowest BCUT2D eigenvalue weighted by molar-refractivity contribution is -0.138. The molecule has 2 heterocycles. The average Bonchev–Trinajstić information content (AvgIpc) is 3.05. The van der Waals surface area contributed by atoms with Gasteiger partial charge in [-0.3, -0.25) is 14.5 Å². The lowest BCUT2D eigenvalue weighted by Gasteiger charge is -2.18. The number of hydrogen-bond acceptors (Lipinski definition) is 3. The summed E-state index contributed by atoms with van der Waals surface area (Å²) >= 11 is 6.10. The third-order valence-corrected chi connectivity index (χ3v) is 4.21. The lowest BCUT2D eigenvalue weighted by Crippen LogP contribution is -2.37. The Labute approximate surface area is 128 Å². The first-order valence-electron chi connectivity index (χ1n) is 7.02. The minimum Gasteiger partial charge on any atom is -0.376 e. The average molecular weight is 306 g/mol. The summed E-state index contributed by atoms with van der Waals surface area (Å²) in [5, 5.41) is 0.00171. The summed E-state index contributed by atoms with van der Waals surface area (Å²) in [6.07, 6.45) is 1.77. The molecule has 1 fully saturated rings. The fraction of sp³-hybridized carbons (Fsp3) is 0.375. The molecule has 3 rings (SSSR count). The van der Waals surface area contributed by atoms with E-state index in [9.17, 15) is 9.59 Å². The van der Waals surface area contributed by atoms with Crippen LogP contribution in [0.15, 0.2) is 29.3 Å². The number of benzene rings is 1. The van der Waals surface area contributed by atoms with Gasteiger partial charge in [0.1, 0.15) is 5.03 Å². The summed E-state index contributed by atoms with van der Waals surface area (Å²) < 4.78 is 5.50. The first-order valence-corrected chi connectivity index (χ1v) is 7.40. The van der Waals surface area contributed by atoms with E-state index < -0.39 is 5.91 Å². The maximum Gasteiger partial charge on any atom is 0.273 e. The van der Waals surface area contributed by atoms with Crippen molar-refractivity contribution in [1.82, 2.24) is 4.90 Å². The van der Waals surface area contributed by atoms with Crippen LogP contribution in [0, 0.1) is 6.92 Å². The topological polar surface area (TPSA) is 46.6 Å². The van der Waals surface area contributed by atoms with Crippen molar-refractivity contribution in [3.8, 4) is 0 Å². The molecule has 0 N–H and O–H groups in total. The van der Waals surface area contributed by atoms with Gasteiger partial charge in [-0.1, -0.05) is 41.4 Å². The molecule has 0 radical (unpaired) electrons. The van der Waals surface area contributed by atoms with Crippen LogP contribution in [-0.2, 0) is 14.3 Å². The molecular formula is C16H16ClNO3. The number of hydrogen-bond donors (Lipinski definition) is 0. The molecule has 0 saturated carbocycles. The second-order valence-corrected chi connectivity index (χ2v) is 5.79. The smallest absolute Gasteiger partial charge is 0.273 e. The van der Waals surface area contributed by atoms with Gasteiger partial charge >= 0.3 is 0 Å². The number of ether oxygens (including phenoxy) is 1.